The van der Waals surface area contributed by atoms with Gasteiger partial charge < -0.3 is 4.74 Å². The van der Waals surface area contributed by atoms with E-state index in [1.54, 1.807) is 12.1 Å². The summed E-state index contributed by atoms with van der Waals surface area (Å²) in [5.41, 5.74) is 0. The summed E-state index contributed by atoms with van der Waals surface area (Å²) < 4.78 is 18.6. The van der Waals surface area contributed by atoms with Crippen LogP contribution in [0.1, 0.15) is 0 Å². The molecule has 1 nitrogen and oxygen atoms in total. The highest BCUT2D eigenvalue weighted by atomic mass is 79.9. The third kappa shape index (κ3) is 1.73. The molecule has 0 unspecified atom stereocenters. The van der Waals surface area contributed by atoms with Crippen LogP contribution in [0, 0.1) is 5.82 Å². The maximum absolute atomic E-state index is 13.0. The fraction of sp³-hybridized carbons (Fsp3) is 0.143. The van der Waals surface area contributed by atoms with E-state index >= 15 is 0 Å². The molecule has 0 aliphatic carbocycles. The molecule has 0 amide bonds. The molecule has 1 rings (SSSR count). The second kappa shape index (κ2) is 3.54. The van der Waals surface area contributed by atoms with E-state index in [4.69, 9.17) is 4.74 Å². The van der Waals surface area contributed by atoms with Gasteiger partial charge in [0.25, 0.3) is 0 Å². The minimum atomic E-state index is -0.343. The van der Waals surface area contributed by atoms with Crippen molar-refractivity contribution in [3.05, 3.63) is 26.9 Å². The number of hydrogen-bond acceptors (Lipinski definition) is 1. The zero-order valence-electron chi connectivity index (χ0n) is 5.70. The smallest absolute Gasteiger partial charge is 0.155 e. The fourth-order valence-corrected chi connectivity index (χ4v) is 1.77. The van der Waals surface area contributed by atoms with Crippen LogP contribution >= 0.6 is 31.9 Å². The largest absolute Gasteiger partial charge is 0.495 e. The summed E-state index contributed by atoms with van der Waals surface area (Å²) in [4.78, 5) is 0. The van der Waals surface area contributed by atoms with Crippen molar-refractivity contribution in [1.29, 1.82) is 0 Å². The molecule has 1 aromatic carbocycles. The van der Waals surface area contributed by atoms with Crippen molar-refractivity contribution in [2.24, 2.45) is 0 Å². The van der Waals surface area contributed by atoms with Gasteiger partial charge in [-0.25, -0.2) is 4.39 Å². The van der Waals surface area contributed by atoms with E-state index in [0.29, 0.717) is 14.7 Å². The van der Waals surface area contributed by atoms with Gasteiger partial charge in [-0.3, -0.25) is 0 Å². The standard InChI is InChI=1S/C7H5Br2FO/c1-11-5-3-2-4(8)7(10)6(5)9/h2-3H,1H3. The molecule has 0 bridgehead atoms. The zero-order valence-corrected chi connectivity index (χ0v) is 8.87. The van der Waals surface area contributed by atoms with Crippen LogP contribution < -0.4 is 4.74 Å². The maximum Gasteiger partial charge on any atom is 0.155 e. The van der Waals surface area contributed by atoms with E-state index in [2.05, 4.69) is 31.9 Å². The Bertz CT molecular complexity index is 275. The van der Waals surface area contributed by atoms with Crippen molar-refractivity contribution in [3.63, 3.8) is 0 Å². The van der Waals surface area contributed by atoms with Crippen LogP contribution in [0.2, 0.25) is 0 Å². The highest BCUT2D eigenvalue weighted by Crippen LogP contribution is 2.31. The first-order valence-electron chi connectivity index (χ1n) is 2.84. The number of benzene rings is 1. The molecule has 0 aliphatic rings. The number of hydrogen-bond donors (Lipinski definition) is 0. The summed E-state index contributed by atoms with van der Waals surface area (Å²) in [7, 11) is 1.49. The summed E-state index contributed by atoms with van der Waals surface area (Å²) in [6.45, 7) is 0. The average Bonchev–Trinajstić information content (AvgIpc) is 2.01. The quantitative estimate of drug-likeness (QED) is 0.718. The van der Waals surface area contributed by atoms with Crippen molar-refractivity contribution < 1.29 is 9.13 Å². The van der Waals surface area contributed by atoms with E-state index in [0.717, 1.165) is 0 Å². The molecule has 4 heteroatoms. The summed E-state index contributed by atoms with van der Waals surface area (Å²) in [6.07, 6.45) is 0. The Kier molecular flexibility index (Phi) is 2.90. The lowest BCUT2D eigenvalue weighted by Crippen LogP contribution is -1.87. The minimum absolute atomic E-state index is 0.342. The molecule has 0 fully saturated rings. The molecule has 0 atom stereocenters. The van der Waals surface area contributed by atoms with E-state index < -0.39 is 0 Å². The first-order valence-corrected chi connectivity index (χ1v) is 4.43. The Labute approximate surface area is 80.8 Å². The molecule has 60 valence electrons. The summed E-state index contributed by atoms with van der Waals surface area (Å²) in [5.74, 6) is 0.148. The van der Waals surface area contributed by atoms with Gasteiger partial charge in [-0.2, -0.15) is 0 Å². The summed E-state index contributed by atoms with van der Waals surface area (Å²) in [6, 6.07) is 3.27. The Morgan fingerprint density at radius 1 is 1.36 bits per heavy atom. The third-order valence-corrected chi connectivity index (χ3v) is 2.57. The van der Waals surface area contributed by atoms with Crippen molar-refractivity contribution in [3.8, 4) is 5.75 Å². The molecular formula is C7H5Br2FO. The van der Waals surface area contributed by atoms with Crippen molar-refractivity contribution in [1.82, 2.24) is 0 Å². The fourth-order valence-electron chi connectivity index (χ4n) is 0.666. The average molecular weight is 284 g/mol. The number of ether oxygens (including phenoxy) is 1. The SMILES string of the molecule is COc1ccc(Br)c(F)c1Br. The lowest BCUT2D eigenvalue weighted by atomic mass is 10.3. The van der Waals surface area contributed by atoms with Crippen LogP contribution in [0.4, 0.5) is 4.39 Å². The predicted octanol–water partition coefficient (Wildman–Crippen LogP) is 3.36. The molecule has 0 saturated carbocycles. The van der Waals surface area contributed by atoms with Gasteiger partial charge in [0.05, 0.1) is 16.1 Å². The molecule has 0 radical (unpaired) electrons. The third-order valence-electron chi connectivity index (χ3n) is 1.22. The monoisotopic (exact) mass is 282 g/mol. The second-order valence-electron chi connectivity index (χ2n) is 1.88. The number of halogens is 3. The van der Waals surface area contributed by atoms with Gasteiger partial charge in [0.15, 0.2) is 5.82 Å². The lowest BCUT2D eigenvalue weighted by molar-refractivity contribution is 0.407. The Morgan fingerprint density at radius 2 is 2.00 bits per heavy atom. The highest BCUT2D eigenvalue weighted by Gasteiger charge is 2.08. The summed E-state index contributed by atoms with van der Waals surface area (Å²) in [5, 5.41) is 0. The maximum atomic E-state index is 13.0. The van der Waals surface area contributed by atoms with E-state index in [9.17, 15) is 4.39 Å². The molecule has 0 aromatic heterocycles. The van der Waals surface area contributed by atoms with Gasteiger partial charge in [0.1, 0.15) is 5.75 Å². The first kappa shape index (κ1) is 9.00. The topological polar surface area (TPSA) is 9.23 Å². The lowest BCUT2D eigenvalue weighted by Gasteiger charge is -2.03. The van der Waals surface area contributed by atoms with Crippen LogP contribution in [0.25, 0.3) is 0 Å². The van der Waals surface area contributed by atoms with Gasteiger partial charge in [-0.1, -0.05) is 0 Å². The molecule has 0 aliphatic heterocycles. The van der Waals surface area contributed by atoms with Gasteiger partial charge in [-0.15, -0.1) is 0 Å². The van der Waals surface area contributed by atoms with Crippen molar-refractivity contribution in [2.45, 2.75) is 0 Å². The van der Waals surface area contributed by atoms with Crippen LogP contribution in [0.15, 0.2) is 21.1 Å². The molecule has 11 heavy (non-hydrogen) atoms. The van der Waals surface area contributed by atoms with E-state index in [1.165, 1.54) is 7.11 Å². The van der Waals surface area contributed by atoms with E-state index in [-0.39, 0.29) is 5.82 Å². The molecule has 0 N–H and O–H groups in total. The second-order valence-corrected chi connectivity index (χ2v) is 3.52. The van der Waals surface area contributed by atoms with Crippen LogP contribution in [-0.4, -0.2) is 7.11 Å². The van der Waals surface area contributed by atoms with Crippen LogP contribution in [-0.2, 0) is 0 Å². The first-order chi connectivity index (χ1) is 5.16. The summed E-state index contributed by atoms with van der Waals surface area (Å²) >= 11 is 6.11. The normalized spacial score (nSPS) is 9.82. The van der Waals surface area contributed by atoms with Gasteiger partial charge in [-0.05, 0) is 44.0 Å². The number of rotatable bonds is 1. The molecule has 0 spiro atoms. The Morgan fingerprint density at radius 3 is 2.55 bits per heavy atom. The predicted molar refractivity (Wildman–Crippen MR) is 48.4 cm³/mol. The zero-order chi connectivity index (χ0) is 8.43. The van der Waals surface area contributed by atoms with E-state index in [1.807, 2.05) is 0 Å². The molecular weight excluding hydrogens is 279 g/mol. The minimum Gasteiger partial charge on any atom is -0.495 e. The van der Waals surface area contributed by atoms with Gasteiger partial charge in [0.2, 0.25) is 0 Å². The van der Waals surface area contributed by atoms with Crippen LogP contribution in [0.5, 0.6) is 5.75 Å². The van der Waals surface area contributed by atoms with Gasteiger partial charge >= 0.3 is 0 Å². The molecule has 0 saturated heterocycles. The Hall–Kier alpha value is -0.0900. The van der Waals surface area contributed by atoms with Crippen LogP contribution in [0.3, 0.4) is 0 Å². The van der Waals surface area contributed by atoms with Crippen molar-refractivity contribution in [2.75, 3.05) is 7.11 Å². The Balaban J connectivity index is 3.25. The highest BCUT2D eigenvalue weighted by molar-refractivity contribution is 9.11. The molecule has 0 heterocycles. The molecule has 1 aromatic rings. The van der Waals surface area contributed by atoms with Crippen molar-refractivity contribution >= 4 is 31.9 Å². The number of methoxy groups -OCH3 is 1. The van der Waals surface area contributed by atoms with Gasteiger partial charge in [0, 0.05) is 0 Å².